The average Bonchev–Trinajstić information content (AvgIpc) is 2.47. The van der Waals surface area contributed by atoms with Gasteiger partial charge in [-0.25, -0.2) is 4.39 Å². The lowest BCUT2D eigenvalue weighted by Crippen LogP contribution is -2.08. The molecule has 0 atom stereocenters. The summed E-state index contributed by atoms with van der Waals surface area (Å²) in [5, 5.41) is 12.1. The molecule has 21 heavy (non-hydrogen) atoms. The van der Waals surface area contributed by atoms with Gasteiger partial charge >= 0.3 is 0 Å². The highest BCUT2D eigenvalue weighted by atomic mass is 19.1. The van der Waals surface area contributed by atoms with Crippen LogP contribution in [0.15, 0.2) is 36.4 Å². The topological polar surface area (TPSA) is 45.0 Å². The Hall–Kier alpha value is -2.38. The van der Waals surface area contributed by atoms with Gasteiger partial charge in [0, 0.05) is 17.7 Å². The minimum Gasteiger partial charge on any atom is -0.489 e. The number of ether oxygens (including phenoxy) is 1. The van der Waals surface area contributed by atoms with Gasteiger partial charge in [-0.15, -0.1) is 0 Å². The van der Waals surface area contributed by atoms with Gasteiger partial charge in [-0.3, -0.25) is 0 Å². The van der Waals surface area contributed by atoms with Crippen molar-refractivity contribution in [3.63, 3.8) is 0 Å². The second-order valence-corrected chi connectivity index (χ2v) is 4.84. The van der Waals surface area contributed by atoms with Crippen molar-refractivity contribution < 1.29 is 9.13 Å². The minimum atomic E-state index is -0.369. The molecule has 2 aromatic carbocycles. The first-order chi connectivity index (χ1) is 10.1. The molecular weight excluding hydrogens is 267 g/mol. The molecule has 108 valence electrons. The summed E-state index contributed by atoms with van der Waals surface area (Å²) in [5.41, 5.74) is 3.16. The average molecular weight is 284 g/mol. The van der Waals surface area contributed by atoms with Crippen molar-refractivity contribution >= 4 is 0 Å². The SMILES string of the molecule is CNCc1cc(C)ccc1OCc1cc(F)ccc1C#N. The number of nitrogens with zero attached hydrogens (tertiary/aromatic N) is 1. The molecule has 0 saturated heterocycles. The van der Waals surface area contributed by atoms with Crippen LogP contribution in [0.5, 0.6) is 5.75 Å². The zero-order valence-corrected chi connectivity index (χ0v) is 12.1. The smallest absolute Gasteiger partial charge is 0.124 e. The van der Waals surface area contributed by atoms with Crippen molar-refractivity contribution in [2.75, 3.05) is 7.05 Å². The lowest BCUT2D eigenvalue weighted by atomic mass is 10.1. The van der Waals surface area contributed by atoms with Gasteiger partial charge in [-0.05, 0) is 38.2 Å². The van der Waals surface area contributed by atoms with Crippen LogP contribution in [0.4, 0.5) is 4.39 Å². The number of rotatable bonds is 5. The summed E-state index contributed by atoms with van der Waals surface area (Å²) in [7, 11) is 1.87. The molecule has 0 aliphatic carbocycles. The van der Waals surface area contributed by atoms with Crippen LogP contribution in [0.3, 0.4) is 0 Å². The van der Waals surface area contributed by atoms with Crippen molar-refractivity contribution in [3.05, 3.63) is 64.5 Å². The van der Waals surface area contributed by atoms with E-state index < -0.39 is 0 Å². The molecule has 0 aliphatic rings. The lowest BCUT2D eigenvalue weighted by molar-refractivity contribution is 0.301. The zero-order valence-electron chi connectivity index (χ0n) is 12.1. The normalized spacial score (nSPS) is 10.2. The van der Waals surface area contributed by atoms with Crippen LogP contribution in [-0.2, 0) is 13.2 Å². The maximum absolute atomic E-state index is 13.3. The molecule has 0 aromatic heterocycles. The molecule has 0 heterocycles. The molecule has 0 fully saturated rings. The lowest BCUT2D eigenvalue weighted by Gasteiger charge is -2.13. The molecule has 2 aromatic rings. The Bertz CT molecular complexity index is 677. The van der Waals surface area contributed by atoms with Crippen LogP contribution in [0.1, 0.15) is 22.3 Å². The fourth-order valence-electron chi connectivity index (χ4n) is 2.12. The Morgan fingerprint density at radius 1 is 1.19 bits per heavy atom. The first kappa shape index (κ1) is 15.0. The van der Waals surface area contributed by atoms with E-state index in [1.165, 1.54) is 18.2 Å². The van der Waals surface area contributed by atoms with Gasteiger partial charge in [0.15, 0.2) is 0 Å². The Kier molecular flexibility index (Phi) is 4.91. The van der Waals surface area contributed by atoms with E-state index in [0.717, 1.165) is 16.9 Å². The largest absolute Gasteiger partial charge is 0.489 e. The molecule has 0 aliphatic heterocycles. The van der Waals surface area contributed by atoms with E-state index in [1.54, 1.807) is 0 Å². The van der Waals surface area contributed by atoms with Crippen LogP contribution >= 0.6 is 0 Å². The molecule has 3 nitrogen and oxygen atoms in total. The van der Waals surface area contributed by atoms with Crippen molar-refractivity contribution in [1.82, 2.24) is 5.32 Å². The second kappa shape index (κ2) is 6.87. The van der Waals surface area contributed by atoms with E-state index in [2.05, 4.69) is 5.32 Å². The number of halogens is 1. The summed E-state index contributed by atoms with van der Waals surface area (Å²) in [6.45, 7) is 2.87. The van der Waals surface area contributed by atoms with E-state index in [-0.39, 0.29) is 12.4 Å². The van der Waals surface area contributed by atoms with E-state index in [9.17, 15) is 4.39 Å². The van der Waals surface area contributed by atoms with Gasteiger partial charge in [-0.1, -0.05) is 17.7 Å². The summed E-state index contributed by atoms with van der Waals surface area (Å²) in [6.07, 6.45) is 0. The molecule has 2 rings (SSSR count). The Morgan fingerprint density at radius 3 is 2.71 bits per heavy atom. The third-order valence-electron chi connectivity index (χ3n) is 3.15. The number of hydrogen-bond donors (Lipinski definition) is 1. The molecule has 0 saturated carbocycles. The van der Waals surface area contributed by atoms with Crippen molar-refractivity contribution in [2.24, 2.45) is 0 Å². The molecule has 0 bridgehead atoms. The quantitative estimate of drug-likeness (QED) is 0.916. The Morgan fingerprint density at radius 2 is 2.00 bits per heavy atom. The maximum Gasteiger partial charge on any atom is 0.124 e. The molecule has 0 unspecified atom stereocenters. The highest BCUT2D eigenvalue weighted by Gasteiger charge is 2.08. The van der Waals surface area contributed by atoms with Crippen LogP contribution in [0, 0.1) is 24.1 Å². The van der Waals surface area contributed by atoms with E-state index >= 15 is 0 Å². The third kappa shape index (κ3) is 3.80. The van der Waals surface area contributed by atoms with Crippen LogP contribution in [0.25, 0.3) is 0 Å². The summed E-state index contributed by atoms with van der Waals surface area (Å²) in [6, 6.07) is 12.0. The van der Waals surface area contributed by atoms with Gasteiger partial charge < -0.3 is 10.1 Å². The number of hydrogen-bond acceptors (Lipinski definition) is 3. The van der Waals surface area contributed by atoms with E-state index in [0.29, 0.717) is 17.7 Å². The molecule has 4 heteroatoms. The molecule has 0 amide bonds. The predicted molar refractivity (Wildman–Crippen MR) is 79.4 cm³/mol. The van der Waals surface area contributed by atoms with Gasteiger partial charge in [0.25, 0.3) is 0 Å². The number of aryl methyl sites for hydroxylation is 1. The van der Waals surface area contributed by atoms with Crippen molar-refractivity contribution in [3.8, 4) is 11.8 Å². The van der Waals surface area contributed by atoms with Gasteiger partial charge in [-0.2, -0.15) is 5.26 Å². The first-order valence-electron chi connectivity index (χ1n) is 6.69. The Balaban J connectivity index is 2.20. The highest BCUT2D eigenvalue weighted by molar-refractivity contribution is 5.40. The summed E-state index contributed by atoms with van der Waals surface area (Å²) < 4.78 is 19.1. The second-order valence-electron chi connectivity index (χ2n) is 4.84. The number of nitriles is 1. The minimum absolute atomic E-state index is 0.167. The highest BCUT2D eigenvalue weighted by Crippen LogP contribution is 2.22. The predicted octanol–water partition coefficient (Wildman–Crippen LogP) is 3.30. The fraction of sp³-hybridized carbons (Fsp3) is 0.235. The van der Waals surface area contributed by atoms with Crippen LogP contribution in [-0.4, -0.2) is 7.05 Å². The zero-order chi connectivity index (χ0) is 15.2. The van der Waals surface area contributed by atoms with Crippen molar-refractivity contribution in [1.29, 1.82) is 5.26 Å². The van der Waals surface area contributed by atoms with Gasteiger partial charge in [0.1, 0.15) is 18.2 Å². The molecule has 0 spiro atoms. The first-order valence-corrected chi connectivity index (χ1v) is 6.69. The molecule has 1 N–H and O–H groups in total. The number of nitrogens with one attached hydrogen (secondary N) is 1. The fourth-order valence-corrected chi connectivity index (χ4v) is 2.12. The van der Waals surface area contributed by atoms with Crippen LogP contribution < -0.4 is 10.1 Å². The summed E-state index contributed by atoms with van der Waals surface area (Å²) in [4.78, 5) is 0. The Labute approximate surface area is 124 Å². The number of benzene rings is 2. The monoisotopic (exact) mass is 284 g/mol. The standard InChI is InChI=1S/C17H17FN2O/c1-12-3-6-17(14(7-12)10-20-2)21-11-15-8-16(18)5-4-13(15)9-19/h3-8,20H,10-11H2,1-2H3. The van der Waals surface area contributed by atoms with Gasteiger partial charge in [0.2, 0.25) is 0 Å². The maximum atomic E-state index is 13.3. The summed E-state index contributed by atoms with van der Waals surface area (Å²) in [5.74, 6) is 0.370. The molecular formula is C17H17FN2O. The summed E-state index contributed by atoms with van der Waals surface area (Å²) >= 11 is 0. The van der Waals surface area contributed by atoms with Crippen molar-refractivity contribution in [2.45, 2.75) is 20.1 Å². The van der Waals surface area contributed by atoms with Gasteiger partial charge in [0.05, 0.1) is 11.6 Å². The van der Waals surface area contributed by atoms with E-state index in [1.807, 2.05) is 38.2 Å². The third-order valence-corrected chi connectivity index (χ3v) is 3.15. The van der Waals surface area contributed by atoms with Crippen LogP contribution in [0.2, 0.25) is 0 Å². The molecule has 0 radical (unpaired) electrons. The van der Waals surface area contributed by atoms with E-state index in [4.69, 9.17) is 10.00 Å².